The Labute approximate surface area is 56.8 Å². The highest BCUT2D eigenvalue weighted by molar-refractivity contribution is 6.33. The summed E-state index contributed by atoms with van der Waals surface area (Å²) in [5.41, 5.74) is 5.17. The standard InChI is InChI=1S/C5H5ClN2O/c6-3-1-2-8-4(3)5(7)9/h1-2,8H,(H2,7,9). The number of hydrogen-bond donors (Lipinski definition) is 2. The number of nitrogens with two attached hydrogens (primary N) is 1. The number of nitrogens with one attached hydrogen (secondary N) is 1. The van der Waals surface area contributed by atoms with E-state index in [0.717, 1.165) is 0 Å². The zero-order valence-electron chi connectivity index (χ0n) is 4.52. The van der Waals surface area contributed by atoms with Gasteiger partial charge in [0.05, 0.1) is 5.02 Å². The summed E-state index contributed by atoms with van der Waals surface area (Å²) in [6.07, 6.45) is 1.56. The van der Waals surface area contributed by atoms with E-state index in [4.69, 9.17) is 17.3 Å². The van der Waals surface area contributed by atoms with Crippen LogP contribution in [0.25, 0.3) is 0 Å². The molecular weight excluding hydrogens is 140 g/mol. The molecule has 1 heterocycles. The summed E-state index contributed by atoms with van der Waals surface area (Å²) in [6, 6.07) is 1.57. The second-order valence-electron chi connectivity index (χ2n) is 1.56. The zero-order chi connectivity index (χ0) is 6.85. The van der Waals surface area contributed by atoms with Crippen LogP contribution >= 0.6 is 11.6 Å². The van der Waals surface area contributed by atoms with E-state index < -0.39 is 5.91 Å². The van der Waals surface area contributed by atoms with Crippen molar-refractivity contribution in [3.63, 3.8) is 0 Å². The van der Waals surface area contributed by atoms with E-state index in [0.29, 0.717) is 5.02 Å². The SMILES string of the molecule is NC(=O)c1[nH]ccc1Cl. The van der Waals surface area contributed by atoms with Gasteiger partial charge in [-0.1, -0.05) is 11.6 Å². The average Bonchev–Trinajstić information content (AvgIpc) is 2.13. The smallest absolute Gasteiger partial charge is 0.266 e. The third kappa shape index (κ3) is 1.05. The zero-order valence-corrected chi connectivity index (χ0v) is 5.27. The van der Waals surface area contributed by atoms with Gasteiger partial charge >= 0.3 is 0 Å². The fourth-order valence-electron chi connectivity index (χ4n) is 0.539. The molecule has 0 aliphatic heterocycles. The van der Waals surface area contributed by atoms with Gasteiger partial charge in [0.1, 0.15) is 5.69 Å². The number of carbonyl (C=O) groups is 1. The van der Waals surface area contributed by atoms with Crippen LogP contribution in [0.1, 0.15) is 10.5 Å². The minimum atomic E-state index is -0.537. The quantitative estimate of drug-likeness (QED) is 0.601. The third-order valence-corrected chi connectivity index (χ3v) is 1.26. The first kappa shape index (κ1) is 6.16. The van der Waals surface area contributed by atoms with Crippen LogP contribution < -0.4 is 5.73 Å². The molecule has 3 nitrogen and oxygen atoms in total. The molecule has 0 atom stereocenters. The second-order valence-corrected chi connectivity index (χ2v) is 1.97. The number of halogens is 1. The minimum absolute atomic E-state index is 0.261. The first-order valence-electron chi connectivity index (χ1n) is 2.34. The Morgan fingerprint density at radius 2 is 2.44 bits per heavy atom. The van der Waals surface area contributed by atoms with Crippen molar-refractivity contribution in [3.05, 3.63) is 23.0 Å². The van der Waals surface area contributed by atoms with Crippen LogP contribution in [0.5, 0.6) is 0 Å². The van der Waals surface area contributed by atoms with Crippen molar-refractivity contribution in [2.75, 3.05) is 0 Å². The first-order valence-corrected chi connectivity index (χ1v) is 2.72. The monoisotopic (exact) mass is 144 g/mol. The lowest BCUT2D eigenvalue weighted by atomic mass is 10.4. The molecule has 0 aliphatic carbocycles. The lowest BCUT2D eigenvalue weighted by Gasteiger charge is -1.87. The molecule has 0 saturated carbocycles. The van der Waals surface area contributed by atoms with Crippen molar-refractivity contribution in [3.8, 4) is 0 Å². The van der Waals surface area contributed by atoms with Crippen molar-refractivity contribution >= 4 is 17.5 Å². The molecule has 48 valence electrons. The highest BCUT2D eigenvalue weighted by Gasteiger charge is 2.04. The molecule has 0 aromatic carbocycles. The third-order valence-electron chi connectivity index (χ3n) is 0.943. The molecule has 1 aromatic rings. The van der Waals surface area contributed by atoms with Crippen molar-refractivity contribution in [2.24, 2.45) is 5.73 Å². The van der Waals surface area contributed by atoms with Gasteiger partial charge in [-0.15, -0.1) is 0 Å². The Morgan fingerprint density at radius 3 is 2.67 bits per heavy atom. The molecule has 0 bridgehead atoms. The number of rotatable bonds is 1. The van der Waals surface area contributed by atoms with Crippen molar-refractivity contribution in [1.82, 2.24) is 4.98 Å². The van der Waals surface area contributed by atoms with Gasteiger partial charge in [0.2, 0.25) is 0 Å². The van der Waals surface area contributed by atoms with Gasteiger partial charge in [-0.3, -0.25) is 4.79 Å². The van der Waals surface area contributed by atoms with Crippen molar-refractivity contribution in [1.29, 1.82) is 0 Å². The number of H-pyrrole nitrogens is 1. The van der Waals surface area contributed by atoms with Gasteiger partial charge < -0.3 is 10.7 Å². The number of hydrogen-bond acceptors (Lipinski definition) is 1. The number of primary amides is 1. The molecule has 0 spiro atoms. The van der Waals surface area contributed by atoms with Crippen molar-refractivity contribution in [2.45, 2.75) is 0 Å². The molecule has 0 fully saturated rings. The summed E-state index contributed by atoms with van der Waals surface area (Å²) in [5, 5.41) is 0.363. The molecule has 9 heavy (non-hydrogen) atoms. The fraction of sp³-hybridized carbons (Fsp3) is 0. The van der Waals surface area contributed by atoms with Crippen LogP contribution in [0.4, 0.5) is 0 Å². The maximum atomic E-state index is 10.4. The Kier molecular flexibility index (Phi) is 1.44. The van der Waals surface area contributed by atoms with E-state index in [1.165, 1.54) is 0 Å². The van der Waals surface area contributed by atoms with Crippen LogP contribution in [0, 0.1) is 0 Å². The molecule has 1 amide bonds. The van der Waals surface area contributed by atoms with E-state index in [9.17, 15) is 4.79 Å². The van der Waals surface area contributed by atoms with Crippen LogP contribution in [0.15, 0.2) is 12.3 Å². The summed E-state index contributed by atoms with van der Waals surface area (Å²) in [6.45, 7) is 0. The Bertz CT molecular complexity index is 231. The largest absolute Gasteiger partial charge is 0.364 e. The predicted molar refractivity (Wildman–Crippen MR) is 34.3 cm³/mol. The lowest BCUT2D eigenvalue weighted by Crippen LogP contribution is -2.11. The fourth-order valence-corrected chi connectivity index (χ4v) is 0.750. The molecule has 1 aromatic heterocycles. The summed E-state index contributed by atoms with van der Waals surface area (Å²) in [7, 11) is 0. The van der Waals surface area contributed by atoms with E-state index >= 15 is 0 Å². The highest BCUT2D eigenvalue weighted by atomic mass is 35.5. The minimum Gasteiger partial charge on any atom is -0.364 e. The average molecular weight is 145 g/mol. The number of aromatic nitrogens is 1. The van der Waals surface area contributed by atoms with Crippen LogP contribution in [-0.2, 0) is 0 Å². The maximum absolute atomic E-state index is 10.4. The summed E-state index contributed by atoms with van der Waals surface area (Å²) in [4.78, 5) is 13.0. The van der Waals surface area contributed by atoms with Crippen LogP contribution in [0.3, 0.4) is 0 Å². The molecule has 0 radical (unpaired) electrons. The summed E-state index contributed by atoms with van der Waals surface area (Å²) < 4.78 is 0. The van der Waals surface area contributed by atoms with Gasteiger partial charge in [-0.25, -0.2) is 0 Å². The Hall–Kier alpha value is -0.960. The molecule has 3 N–H and O–H groups in total. The van der Waals surface area contributed by atoms with Crippen molar-refractivity contribution < 1.29 is 4.79 Å². The molecule has 0 aliphatic rings. The van der Waals surface area contributed by atoms with Gasteiger partial charge in [-0.05, 0) is 6.07 Å². The van der Waals surface area contributed by atoms with E-state index in [-0.39, 0.29) is 5.69 Å². The van der Waals surface area contributed by atoms with Gasteiger partial charge in [0.15, 0.2) is 0 Å². The topological polar surface area (TPSA) is 58.9 Å². The number of amides is 1. The molecule has 4 heteroatoms. The second kappa shape index (κ2) is 2.11. The Balaban J connectivity index is 3.08. The van der Waals surface area contributed by atoms with E-state index in [2.05, 4.69) is 4.98 Å². The summed E-state index contributed by atoms with van der Waals surface area (Å²) >= 11 is 5.50. The van der Waals surface area contributed by atoms with Crippen LogP contribution in [0.2, 0.25) is 5.02 Å². The Morgan fingerprint density at radius 1 is 1.78 bits per heavy atom. The van der Waals surface area contributed by atoms with Crippen LogP contribution in [-0.4, -0.2) is 10.9 Å². The van der Waals surface area contributed by atoms with E-state index in [1.54, 1.807) is 12.3 Å². The van der Waals surface area contributed by atoms with Gasteiger partial charge in [0.25, 0.3) is 5.91 Å². The van der Waals surface area contributed by atoms with Gasteiger partial charge in [0, 0.05) is 6.20 Å². The first-order chi connectivity index (χ1) is 4.22. The normalized spacial score (nSPS) is 9.44. The molecule has 0 unspecified atom stereocenters. The lowest BCUT2D eigenvalue weighted by molar-refractivity contribution is 0.0996. The molecular formula is C5H5ClN2O. The highest BCUT2D eigenvalue weighted by Crippen LogP contribution is 2.11. The number of carbonyl (C=O) groups excluding carboxylic acids is 1. The van der Waals surface area contributed by atoms with E-state index in [1.807, 2.05) is 0 Å². The summed E-state index contributed by atoms with van der Waals surface area (Å²) in [5.74, 6) is -0.537. The molecule has 1 rings (SSSR count). The molecule has 0 saturated heterocycles. The van der Waals surface area contributed by atoms with Gasteiger partial charge in [-0.2, -0.15) is 0 Å². The predicted octanol–water partition coefficient (Wildman–Crippen LogP) is 0.767. The maximum Gasteiger partial charge on any atom is 0.266 e. The number of aromatic amines is 1.